The molecule has 28 heavy (non-hydrogen) atoms. The van der Waals surface area contributed by atoms with E-state index in [-0.39, 0.29) is 6.54 Å². The van der Waals surface area contributed by atoms with Crippen LogP contribution in [0.4, 0.5) is 5.69 Å². The van der Waals surface area contributed by atoms with E-state index in [1.165, 1.54) is 21.3 Å². The number of amides is 1. The maximum atomic E-state index is 12.5. The van der Waals surface area contributed by atoms with E-state index in [2.05, 4.69) is 10.3 Å². The fourth-order valence-electron chi connectivity index (χ4n) is 2.88. The second-order valence-electron chi connectivity index (χ2n) is 5.82. The summed E-state index contributed by atoms with van der Waals surface area (Å²) in [4.78, 5) is 39.1. The predicted octanol–water partition coefficient (Wildman–Crippen LogP) is 1.35. The number of ether oxygens (including phenoxy) is 3. The molecular weight excluding hydrogens is 366 g/mol. The lowest BCUT2D eigenvalue weighted by atomic mass is 10.2. The van der Waals surface area contributed by atoms with E-state index < -0.39 is 17.0 Å². The molecule has 0 aliphatic carbocycles. The van der Waals surface area contributed by atoms with E-state index in [9.17, 15) is 14.4 Å². The Hall–Kier alpha value is -3.75. The molecule has 0 bridgehead atoms. The highest BCUT2D eigenvalue weighted by Gasteiger charge is 2.16. The summed E-state index contributed by atoms with van der Waals surface area (Å²) in [6, 6.07) is 9.88. The SMILES string of the molecule is COc1cc(NC(=O)Cn2c(=O)c(=O)[nH]c3ccccc32)cc(OC)c1OC. The van der Waals surface area contributed by atoms with Gasteiger partial charge in [0.2, 0.25) is 11.7 Å². The lowest BCUT2D eigenvalue weighted by molar-refractivity contribution is -0.116. The first-order valence-electron chi connectivity index (χ1n) is 8.30. The number of H-pyrrole nitrogens is 1. The van der Waals surface area contributed by atoms with E-state index >= 15 is 0 Å². The molecule has 9 heteroatoms. The van der Waals surface area contributed by atoms with Crippen molar-refractivity contribution in [2.75, 3.05) is 26.6 Å². The molecule has 1 heterocycles. The van der Waals surface area contributed by atoms with Crippen LogP contribution in [0.2, 0.25) is 0 Å². The number of hydrogen-bond acceptors (Lipinski definition) is 6. The molecule has 146 valence electrons. The second-order valence-corrected chi connectivity index (χ2v) is 5.82. The van der Waals surface area contributed by atoms with Crippen molar-refractivity contribution < 1.29 is 19.0 Å². The number of methoxy groups -OCH3 is 3. The van der Waals surface area contributed by atoms with Crippen molar-refractivity contribution in [3.63, 3.8) is 0 Å². The Bertz CT molecular complexity index is 1120. The zero-order valence-electron chi connectivity index (χ0n) is 15.6. The van der Waals surface area contributed by atoms with Crippen LogP contribution in [0.3, 0.4) is 0 Å². The highest BCUT2D eigenvalue weighted by molar-refractivity contribution is 5.92. The molecule has 1 aromatic heterocycles. The summed E-state index contributed by atoms with van der Waals surface area (Å²) in [5.74, 6) is 0.638. The van der Waals surface area contributed by atoms with Gasteiger partial charge in [0.25, 0.3) is 0 Å². The topological polar surface area (TPSA) is 112 Å². The molecule has 3 aromatic rings. The van der Waals surface area contributed by atoms with Gasteiger partial charge >= 0.3 is 11.1 Å². The molecule has 2 aromatic carbocycles. The Labute approximate surface area is 159 Å². The average Bonchev–Trinajstić information content (AvgIpc) is 2.70. The number of carbonyl (C=O) groups excluding carboxylic acids is 1. The van der Waals surface area contributed by atoms with Crippen molar-refractivity contribution in [3.05, 3.63) is 57.1 Å². The Balaban J connectivity index is 1.94. The number of nitrogens with one attached hydrogen (secondary N) is 2. The van der Waals surface area contributed by atoms with Gasteiger partial charge in [-0.1, -0.05) is 12.1 Å². The van der Waals surface area contributed by atoms with Crippen LogP contribution in [-0.2, 0) is 11.3 Å². The number of aromatic nitrogens is 2. The molecule has 0 unspecified atom stereocenters. The summed E-state index contributed by atoms with van der Waals surface area (Å²) in [6.45, 7) is -0.333. The van der Waals surface area contributed by atoms with Crippen molar-refractivity contribution in [1.82, 2.24) is 9.55 Å². The number of anilines is 1. The number of para-hydroxylation sites is 2. The van der Waals surface area contributed by atoms with Gasteiger partial charge in [0.15, 0.2) is 11.5 Å². The third-order valence-corrected chi connectivity index (χ3v) is 4.13. The molecule has 9 nitrogen and oxygen atoms in total. The molecule has 0 aliphatic heterocycles. The Morgan fingerprint density at radius 3 is 2.29 bits per heavy atom. The first-order chi connectivity index (χ1) is 13.5. The molecule has 0 saturated heterocycles. The standard InChI is InChI=1S/C19H19N3O6/c1-26-14-8-11(9-15(27-2)17(14)28-3)20-16(23)10-22-13-7-5-4-6-12(13)21-18(24)19(22)25/h4-9H,10H2,1-3H3,(H,20,23)(H,21,24). The van der Waals surface area contributed by atoms with Crippen molar-refractivity contribution in [3.8, 4) is 17.2 Å². The molecule has 2 N–H and O–H groups in total. The van der Waals surface area contributed by atoms with Crippen molar-refractivity contribution in [2.45, 2.75) is 6.54 Å². The predicted molar refractivity (Wildman–Crippen MR) is 104 cm³/mol. The summed E-state index contributed by atoms with van der Waals surface area (Å²) in [5, 5.41) is 2.68. The second kappa shape index (κ2) is 7.87. The smallest absolute Gasteiger partial charge is 0.317 e. The van der Waals surface area contributed by atoms with Gasteiger partial charge in [-0.15, -0.1) is 0 Å². The molecule has 0 atom stereocenters. The van der Waals surface area contributed by atoms with Gasteiger partial charge in [-0.25, -0.2) is 0 Å². The van der Waals surface area contributed by atoms with Crippen LogP contribution in [0, 0.1) is 0 Å². The van der Waals surface area contributed by atoms with E-state index in [1.807, 2.05) is 0 Å². The number of carbonyl (C=O) groups is 1. The highest BCUT2D eigenvalue weighted by atomic mass is 16.5. The van der Waals surface area contributed by atoms with Gasteiger partial charge in [-0.2, -0.15) is 0 Å². The lowest BCUT2D eigenvalue weighted by Gasteiger charge is -2.15. The summed E-state index contributed by atoms with van der Waals surface area (Å²) < 4.78 is 16.9. The quantitative estimate of drug-likeness (QED) is 0.620. The fourth-order valence-corrected chi connectivity index (χ4v) is 2.88. The number of fused-ring (bicyclic) bond motifs is 1. The summed E-state index contributed by atoms with van der Waals surface area (Å²) in [7, 11) is 4.40. The Morgan fingerprint density at radius 1 is 1.04 bits per heavy atom. The van der Waals surface area contributed by atoms with Crippen molar-refractivity contribution >= 4 is 22.6 Å². The summed E-state index contributed by atoms with van der Waals surface area (Å²) in [5.41, 5.74) is -0.292. The zero-order valence-corrected chi connectivity index (χ0v) is 15.6. The minimum atomic E-state index is -0.807. The number of aromatic amines is 1. The number of hydrogen-bond donors (Lipinski definition) is 2. The largest absolute Gasteiger partial charge is 0.493 e. The Kier molecular flexibility index (Phi) is 5.35. The van der Waals surface area contributed by atoms with Gasteiger partial charge in [-0.3, -0.25) is 19.0 Å². The first-order valence-corrected chi connectivity index (χ1v) is 8.30. The number of rotatable bonds is 6. The van der Waals surface area contributed by atoms with E-state index in [1.54, 1.807) is 36.4 Å². The fraction of sp³-hybridized carbons (Fsp3) is 0.211. The summed E-state index contributed by atoms with van der Waals surface area (Å²) in [6.07, 6.45) is 0. The van der Waals surface area contributed by atoms with E-state index in [0.29, 0.717) is 34.0 Å². The number of nitrogens with zero attached hydrogens (tertiary/aromatic N) is 1. The van der Waals surface area contributed by atoms with Crippen LogP contribution in [0.25, 0.3) is 11.0 Å². The molecule has 0 fully saturated rings. The van der Waals surface area contributed by atoms with Crippen molar-refractivity contribution in [1.29, 1.82) is 0 Å². The maximum Gasteiger partial charge on any atom is 0.317 e. The maximum absolute atomic E-state index is 12.5. The van der Waals surface area contributed by atoms with Crippen molar-refractivity contribution in [2.24, 2.45) is 0 Å². The number of benzene rings is 2. The van der Waals surface area contributed by atoms with Crippen LogP contribution in [0.1, 0.15) is 0 Å². The minimum Gasteiger partial charge on any atom is -0.493 e. The van der Waals surface area contributed by atoms with Crippen LogP contribution in [-0.4, -0.2) is 36.8 Å². The lowest BCUT2D eigenvalue weighted by Crippen LogP contribution is -2.38. The Morgan fingerprint density at radius 2 is 1.68 bits per heavy atom. The van der Waals surface area contributed by atoms with Gasteiger partial charge in [0.1, 0.15) is 6.54 Å². The molecule has 1 amide bonds. The molecule has 0 aliphatic rings. The zero-order chi connectivity index (χ0) is 20.3. The average molecular weight is 385 g/mol. The van der Waals surface area contributed by atoms with Gasteiger partial charge in [0, 0.05) is 17.8 Å². The molecule has 0 saturated carbocycles. The first kappa shape index (κ1) is 19.0. The van der Waals surface area contributed by atoms with Gasteiger partial charge < -0.3 is 24.5 Å². The normalized spacial score (nSPS) is 10.5. The minimum absolute atomic E-state index is 0.333. The van der Waals surface area contributed by atoms with Crippen LogP contribution >= 0.6 is 0 Å². The van der Waals surface area contributed by atoms with Crippen LogP contribution in [0.15, 0.2) is 46.0 Å². The van der Waals surface area contributed by atoms with Crippen LogP contribution in [0.5, 0.6) is 17.2 Å². The summed E-state index contributed by atoms with van der Waals surface area (Å²) >= 11 is 0. The van der Waals surface area contributed by atoms with Gasteiger partial charge in [0.05, 0.1) is 32.4 Å². The third-order valence-electron chi connectivity index (χ3n) is 4.13. The monoisotopic (exact) mass is 385 g/mol. The molecule has 3 rings (SSSR count). The van der Waals surface area contributed by atoms with Gasteiger partial charge in [-0.05, 0) is 12.1 Å². The third kappa shape index (κ3) is 3.54. The highest BCUT2D eigenvalue weighted by Crippen LogP contribution is 2.39. The molecule has 0 radical (unpaired) electrons. The van der Waals surface area contributed by atoms with E-state index in [0.717, 1.165) is 4.57 Å². The molecule has 0 spiro atoms. The van der Waals surface area contributed by atoms with Crippen LogP contribution < -0.4 is 30.6 Å². The van der Waals surface area contributed by atoms with E-state index in [4.69, 9.17) is 14.2 Å². The molecular formula is C19H19N3O6.